The van der Waals surface area contributed by atoms with Crippen LogP contribution in [0.15, 0.2) is 29.0 Å². The fourth-order valence-corrected chi connectivity index (χ4v) is 4.72. The van der Waals surface area contributed by atoms with Gasteiger partial charge in [0.2, 0.25) is 10.0 Å². The third-order valence-corrected chi connectivity index (χ3v) is 5.69. The molecule has 0 radical (unpaired) electrons. The smallest absolute Gasteiger partial charge is 0.244 e. The molecule has 1 aromatic heterocycles. The fourth-order valence-electron chi connectivity index (χ4n) is 1.69. The fraction of sp³-hybridized carbons (Fsp3) is 0.500. The average molecular weight is 288 g/mol. The summed E-state index contributed by atoms with van der Waals surface area (Å²) in [6.45, 7) is 8.24. The number of thiophene rings is 1. The molecular weight excluding hydrogens is 268 g/mol. The zero-order valence-electron chi connectivity index (χ0n) is 11.0. The highest BCUT2D eigenvalue weighted by molar-refractivity contribution is 7.89. The van der Waals surface area contributed by atoms with E-state index in [0.29, 0.717) is 18.0 Å². The van der Waals surface area contributed by atoms with Crippen molar-refractivity contribution in [2.45, 2.75) is 31.3 Å². The largest absolute Gasteiger partial charge is 0.315 e. The molecule has 18 heavy (non-hydrogen) atoms. The van der Waals surface area contributed by atoms with E-state index in [4.69, 9.17) is 0 Å². The van der Waals surface area contributed by atoms with Gasteiger partial charge in [0, 0.05) is 24.0 Å². The highest BCUT2D eigenvalue weighted by Crippen LogP contribution is 2.26. The second-order valence-electron chi connectivity index (χ2n) is 4.20. The van der Waals surface area contributed by atoms with Gasteiger partial charge in [-0.15, -0.1) is 17.9 Å². The Bertz CT molecular complexity index is 492. The third-order valence-electron chi connectivity index (χ3n) is 2.51. The van der Waals surface area contributed by atoms with Crippen LogP contribution in [0.2, 0.25) is 0 Å². The lowest BCUT2D eigenvalue weighted by Gasteiger charge is -2.24. The number of rotatable bonds is 7. The maximum atomic E-state index is 12.6. The van der Waals surface area contributed by atoms with E-state index in [-0.39, 0.29) is 6.04 Å². The minimum Gasteiger partial charge on any atom is -0.315 e. The summed E-state index contributed by atoms with van der Waals surface area (Å²) in [5.41, 5.74) is 0. The van der Waals surface area contributed by atoms with Crippen molar-refractivity contribution in [1.29, 1.82) is 0 Å². The zero-order chi connectivity index (χ0) is 13.8. The number of hydrogen-bond donors (Lipinski definition) is 1. The van der Waals surface area contributed by atoms with Gasteiger partial charge in [-0.3, -0.25) is 0 Å². The molecule has 0 aliphatic rings. The van der Waals surface area contributed by atoms with Crippen LogP contribution < -0.4 is 5.32 Å². The molecule has 1 aromatic rings. The maximum Gasteiger partial charge on any atom is 0.244 e. The quantitative estimate of drug-likeness (QED) is 0.781. The van der Waals surface area contributed by atoms with E-state index in [1.165, 1.54) is 15.6 Å². The molecule has 0 aliphatic heterocycles. The van der Waals surface area contributed by atoms with Gasteiger partial charge in [0.1, 0.15) is 0 Å². The topological polar surface area (TPSA) is 49.4 Å². The monoisotopic (exact) mass is 288 g/mol. The Balaban J connectivity index is 3.17. The van der Waals surface area contributed by atoms with E-state index in [0.717, 1.165) is 4.88 Å². The molecule has 0 amide bonds. The van der Waals surface area contributed by atoms with Crippen LogP contribution in [0.25, 0.3) is 0 Å². The highest BCUT2D eigenvalue weighted by atomic mass is 32.2. The number of sulfonamides is 1. The lowest BCUT2D eigenvalue weighted by atomic mass is 10.4. The molecule has 1 N–H and O–H groups in total. The van der Waals surface area contributed by atoms with Crippen LogP contribution >= 0.6 is 11.3 Å². The minimum atomic E-state index is -3.44. The first-order chi connectivity index (χ1) is 8.45. The van der Waals surface area contributed by atoms with Gasteiger partial charge in [-0.2, -0.15) is 4.31 Å². The van der Waals surface area contributed by atoms with Crippen molar-refractivity contribution in [3.63, 3.8) is 0 Å². The maximum absolute atomic E-state index is 12.6. The molecule has 0 aromatic carbocycles. The predicted octanol–water partition coefficient (Wildman–Crippen LogP) is 2.05. The predicted molar refractivity (Wildman–Crippen MR) is 76.3 cm³/mol. The van der Waals surface area contributed by atoms with Crippen molar-refractivity contribution in [2.24, 2.45) is 0 Å². The van der Waals surface area contributed by atoms with Gasteiger partial charge in [0.05, 0.1) is 4.90 Å². The summed E-state index contributed by atoms with van der Waals surface area (Å²) in [4.78, 5) is 1.24. The number of nitrogens with one attached hydrogen (secondary N) is 1. The van der Waals surface area contributed by atoms with Crippen molar-refractivity contribution in [3.8, 4) is 0 Å². The second-order valence-corrected chi connectivity index (χ2v) is 7.06. The van der Waals surface area contributed by atoms with Crippen LogP contribution in [-0.2, 0) is 16.6 Å². The molecule has 4 nitrogen and oxygen atoms in total. The highest BCUT2D eigenvalue weighted by Gasteiger charge is 2.28. The van der Waals surface area contributed by atoms with Gasteiger partial charge in [0.15, 0.2) is 0 Å². The van der Waals surface area contributed by atoms with E-state index in [1.807, 2.05) is 19.2 Å². The molecule has 1 heterocycles. The summed E-state index contributed by atoms with van der Waals surface area (Å²) in [5.74, 6) is 0. The summed E-state index contributed by atoms with van der Waals surface area (Å²) >= 11 is 1.45. The van der Waals surface area contributed by atoms with Crippen molar-refractivity contribution in [3.05, 3.63) is 29.0 Å². The van der Waals surface area contributed by atoms with Crippen LogP contribution in [0.4, 0.5) is 0 Å². The summed E-state index contributed by atoms with van der Waals surface area (Å²) in [7, 11) is -1.63. The van der Waals surface area contributed by atoms with Gasteiger partial charge >= 0.3 is 0 Å². The first-order valence-electron chi connectivity index (χ1n) is 5.78. The Labute approximate surface area is 113 Å². The molecule has 0 spiro atoms. The van der Waals surface area contributed by atoms with Gasteiger partial charge in [-0.25, -0.2) is 8.42 Å². The molecule has 0 atom stereocenters. The summed E-state index contributed by atoms with van der Waals surface area (Å²) < 4.78 is 26.6. The Morgan fingerprint density at radius 3 is 2.72 bits per heavy atom. The van der Waals surface area contributed by atoms with Gasteiger partial charge < -0.3 is 5.32 Å². The molecule has 102 valence electrons. The van der Waals surface area contributed by atoms with E-state index in [2.05, 4.69) is 11.9 Å². The first-order valence-corrected chi connectivity index (χ1v) is 8.10. The van der Waals surface area contributed by atoms with Gasteiger partial charge in [0.25, 0.3) is 0 Å². The van der Waals surface area contributed by atoms with Crippen molar-refractivity contribution in [1.82, 2.24) is 9.62 Å². The molecule has 0 aliphatic carbocycles. The molecule has 0 saturated carbocycles. The van der Waals surface area contributed by atoms with E-state index >= 15 is 0 Å². The van der Waals surface area contributed by atoms with E-state index in [9.17, 15) is 8.42 Å². The third kappa shape index (κ3) is 3.20. The summed E-state index contributed by atoms with van der Waals surface area (Å²) in [5, 5.41) is 4.80. The van der Waals surface area contributed by atoms with E-state index < -0.39 is 10.0 Å². The average Bonchev–Trinajstić information content (AvgIpc) is 2.74. The Morgan fingerprint density at radius 2 is 2.22 bits per heavy atom. The van der Waals surface area contributed by atoms with Crippen molar-refractivity contribution in [2.75, 3.05) is 13.6 Å². The standard InChI is InChI=1S/C12H20N2O2S2/c1-5-7-14(10(2)3)18(15,16)12-6-8-17-11(12)9-13-4/h5-6,8,10,13H,1,7,9H2,2-4H3. The normalized spacial score (nSPS) is 12.3. The second kappa shape index (κ2) is 6.47. The van der Waals surface area contributed by atoms with Crippen LogP contribution in [-0.4, -0.2) is 32.4 Å². The SMILES string of the molecule is C=CCN(C(C)C)S(=O)(=O)c1ccsc1CNC. The minimum absolute atomic E-state index is 0.0877. The summed E-state index contributed by atoms with van der Waals surface area (Å²) in [6, 6.07) is 1.58. The first kappa shape index (κ1) is 15.4. The van der Waals surface area contributed by atoms with E-state index in [1.54, 1.807) is 19.2 Å². The van der Waals surface area contributed by atoms with Crippen LogP contribution in [0.5, 0.6) is 0 Å². The molecule has 6 heteroatoms. The van der Waals surface area contributed by atoms with Crippen LogP contribution in [0, 0.1) is 0 Å². The lowest BCUT2D eigenvalue weighted by molar-refractivity contribution is 0.382. The molecule has 0 bridgehead atoms. The Kier molecular flexibility index (Phi) is 5.52. The molecule has 0 fully saturated rings. The number of hydrogen-bond acceptors (Lipinski definition) is 4. The van der Waals surface area contributed by atoms with Crippen LogP contribution in [0.3, 0.4) is 0 Å². The lowest BCUT2D eigenvalue weighted by Crippen LogP contribution is -2.37. The van der Waals surface area contributed by atoms with Gasteiger partial charge in [-0.1, -0.05) is 6.08 Å². The van der Waals surface area contributed by atoms with Crippen molar-refractivity contribution >= 4 is 21.4 Å². The summed E-state index contributed by atoms with van der Waals surface area (Å²) in [6.07, 6.45) is 1.61. The molecule has 1 rings (SSSR count). The van der Waals surface area contributed by atoms with Crippen LogP contribution in [0.1, 0.15) is 18.7 Å². The Hall–Kier alpha value is -0.690. The molecular formula is C12H20N2O2S2. The zero-order valence-corrected chi connectivity index (χ0v) is 12.6. The van der Waals surface area contributed by atoms with Crippen molar-refractivity contribution < 1.29 is 8.42 Å². The number of nitrogens with zero attached hydrogens (tertiary/aromatic N) is 1. The molecule has 0 unspecified atom stereocenters. The van der Waals surface area contributed by atoms with Gasteiger partial charge in [-0.05, 0) is 32.3 Å². The Morgan fingerprint density at radius 1 is 1.56 bits per heavy atom. The molecule has 0 saturated heterocycles.